The highest BCUT2D eigenvalue weighted by Crippen LogP contribution is 2.26. The van der Waals surface area contributed by atoms with Gasteiger partial charge in [-0.2, -0.15) is 5.10 Å². The Bertz CT molecular complexity index is 951. The SMILES string of the molecule is CC(C)c1cccc(-c2ccc3nnc(-c4cn[nH]c4)n3c2)c1. The number of hydrogen-bond acceptors (Lipinski definition) is 3. The minimum Gasteiger partial charge on any atom is -0.285 e. The largest absolute Gasteiger partial charge is 0.285 e. The third-order valence-corrected chi connectivity index (χ3v) is 4.05. The lowest BCUT2D eigenvalue weighted by Crippen LogP contribution is -1.91. The standard InChI is InChI=1S/C18H17N5/c1-12(2)13-4-3-5-14(8-13)15-6-7-17-21-22-18(23(17)11-15)16-9-19-20-10-16/h3-12H,1-2H3,(H,19,20). The minimum absolute atomic E-state index is 0.509. The van der Waals surface area contributed by atoms with Crippen molar-refractivity contribution in [1.82, 2.24) is 24.8 Å². The predicted molar refractivity (Wildman–Crippen MR) is 90.1 cm³/mol. The van der Waals surface area contributed by atoms with Crippen LogP contribution < -0.4 is 0 Å². The number of fused-ring (bicyclic) bond motifs is 1. The molecule has 5 heteroatoms. The molecule has 3 aromatic heterocycles. The summed E-state index contributed by atoms with van der Waals surface area (Å²) in [5.74, 6) is 1.30. The van der Waals surface area contributed by atoms with Crippen molar-refractivity contribution in [3.05, 3.63) is 60.6 Å². The molecule has 0 atom stereocenters. The van der Waals surface area contributed by atoms with E-state index in [2.05, 4.69) is 70.8 Å². The van der Waals surface area contributed by atoms with E-state index in [1.807, 2.05) is 16.7 Å². The molecule has 0 aliphatic rings. The van der Waals surface area contributed by atoms with Gasteiger partial charge in [-0.1, -0.05) is 38.1 Å². The van der Waals surface area contributed by atoms with E-state index in [9.17, 15) is 0 Å². The van der Waals surface area contributed by atoms with Crippen LogP contribution in [0.25, 0.3) is 28.2 Å². The lowest BCUT2D eigenvalue weighted by molar-refractivity contribution is 0.867. The van der Waals surface area contributed by atoms with E-state index in [-0.39, 0.29) is 0 Å². The van der Waals surface area contributed by atoms with Crippen LogP contribution in [0.3, 0.4) is 0 Å². The van der Waals surface area contributed by atoms with Crippen molar-refractivity contribution in [3.8, 4) is 22.5 Å². The van der Waals surface area contributed by atoms with Crippen LogP contribution in [-0.2, 0) is 0 Å². The van der Waals surface area contributed by atoms with Crippen molar-refractivity contribution >= 4 is 5.65 Å². The predicted octanol–water partition coefficient (Wildman–Crippen LogP) is 3.91. The van der Waals surface area contributed by atoms with Gasteiger partial charge < -0.3 is 0 Å². The zero-order valence-electron chi connectivity index (χ0n) is 13.1. The molecule has 0 saturated carbocycles. The summed E-state index contributed by atoms with van der Waals surface area (Å²) in [7, 11) is 0. The summed E-state index contributed by atoms with van der Waals surface area (Å²) < 4.78 is 2.00. The van der Waals surface area contributed by atoms with Gasteiger partial charge in [-0.15, -0.1) is 10.2 Å². The Labute approximate surface area is 134 Å². The Morgan fingerprint density at radius 2 is 1.91 bits per heavy atom. The van der Waals surface area contributed by atoms with E-state index < -0.39 is 0 Å². The maximum absolute atomic E-state index is 4.27. The summed E-state index contributed by atoms with van der Waals surface area (Å²) in [6, 6.07) is 12.7. The van der Waals surface area contributed by atoms with Crippen molar-refractivity contribution < 1.29 is 0 Å². The van der Waals surface area contributed by atoms with Crippen molar-refractivity contribution in [3.63, 3.8) is 0 Å². The first-order valence-corrected chi connectivity index (χ1v) is 7.66. The van der Waals surface area contributed by atoms with Crippen LogP contribution in [0, 0.1) is 0 Å². The Morgan fingerprint density at radius 1 is 1.00 bits per heavy atom. The number of aromatic amines is 1. The van der Waals surface area contributed by atoms with Gasteiger partial charge in [-0.3, -0.25) is 9.50 Å². The van der Waals surface area contributed by atoms with Gasteiger partial charge >= 0.3 is 0 Å². The number of pyridine rings is 1. The quantitative estimate of drug-likeness (QED) is 0.624. The topological polar surface area (TPSA) is 58.9 Å². The zero-order chi connectivity index (χ0) is 15.8. The monoisotopic (exact) mass is 303 g/mol. The minimum atomic E-state index is 0.509. The van der Waals surface area contributed by atoms with E-state index in [1.54, 1.807) is 6.20 Å². The zero-order valence-corrected chi connectivity index (χ0v) is 13.1. The fourth-order valence-corrected chi connectivity index (χ4v) is 2.71. The molecule has 23 heavy (non-hydrogen) atoms. The maximum Gasteiger partial charge on any atom is 0.171 e. The number of H-pyrrole nitrogens is 1. The van der Waals surface area contributed by atoms with Crippen LogP contribution in [0.4, 0.5) is 0 Å². The highest BCUT2D eigenvalue weighted by atomic mass is 15.2. The Kier molecular flexibility index (Phi) is 3.19. The maximum atomic E-state index is 4.27. The summed E-state index contributed by atoms with van der Waals surface area (Å²) in [6.07, 6.45) is 5.65. The van der Waals surface area contributed by atoms with E-state index >= 15 is 0 Å². The highest BCUT2D eigenvalue weighted by molar-refractivity contribution is 5.67. The van der Waals surface area contributed by atoms with Gasteiger partial charge in [0.15, 0.2) is 11.5 Å². The first kappa shape index (κ1) is 13.7. The van der Waals surface area contributed by atoms with Crippen LogP contribution in [0.1, 0.15) is 25.3 Å². The molecule has 0 radical (unpaired) electrons. The first-order valence-electron chi connectivity index (χ1n) is 7.66. The molecular weight excluding hydrogens is 286 g/mol. The Morgan fingerprint density at radius 3 is 2.70 bits per heavy atom. The van der Waals surface area contributed by atoms with E-state index in [4.69, 9.17) is 0 Å². The molecule has 4 rings (SSSR count). The lowest BCUT2D eigenvalue weighted by atomic mass is 9.98. The van der Waals surface area contributed by atoms with E-state index in [0.29, 0.717) is 5.92 Å². The third-order valence-electron chi connectivity index (χ3n) is 4.05. The van der Waals surface area contributed by atoms with Gasteiger partial charge in [-0.05, 0) is 34.7 Å². The smallest absolute Gasteiger partial charge is 0.171 e. The first-order chi connectivity index (χ1) is 11.2. The second-order valence-corrected chi connectivity index (χ2v) is 5.94. The van der Waals surface area contributed by atoms with Gasteiger partial charge in [0, 0.05) is 12.4 Å². The van der Waals surface area contributed by atoms with E-state index in [0.717, 1.165) is 22.6 Å². The fourth-order valence-electron chi connectivity index (χ4n) is 2.71. The van der Waals surface area contributed by atoms with Crippen molar-refractivity contribution in [2.24, 2.45) is 0 Å². The number of rotatable bonds is 3. The molecule has 4 aromatic rings. The number of nitrogens with one attached hydrogen (secondary N) is 1. The van der Waals surface area contributed by atoms with Crippen molar-refractivity contribution in [2.45, 2.75) is 19.8 Å². The summed E-state index contributed by atoms with van der Waals surface area (Å²) in [5.41, 5.74) is 5.42. The third kappa shape index (κ3) is 2.40. The van der Waals surface area contributed by atoms with Crippen LogP contribution in [0.2, 0.25) is 0 Å². The Hall–Kier alpha value is -2.95. The number of nitrogens with zero attached hydrogens (tertiary/aromatic N) is 4. The number of benzene rings is 1. The van der Waals surface area contributed by atoms with Gasteiger partial charge in [-0.25, -0.2) is 0 Å². The summed E-state index contributed by atoms with van der Waals surface area (Å²) in [4.78, 5) is 0. The van der Waals surface area contributed by atoms with Crippen molar-refractivity contribution in [2.75, 3.05) is 0 Å². The second kappa shape index (κ2) is 5.35. The van der Waals surface area contributed by atoms with Crippen molar-refractivity contribution in [1.29, 1.82) is 0 Å². The average molecular weight is 303 g/mol. The molecule has 0 fully saturated rings. The molecule has 0 amide bonds. The normalized spacial score (nSPS) is 11.4. The molecule has 0 saturated heterocycles. The number of hydrogen-bond donors (Lipinski definition) is 1. The van der Waals surface area contributed by atoms with Crippen LogP contribution >= 0.6 is 0 Å². The second-order valence-electron chi connectivity index (χ2n) is 5.94. The molecule has 114 valence electrons. The highest BCUT2D eigenvalue weighted by Gasteiger charge is 2.10. The molecule has 0 spiro atoms. The molecule has 5 nitrogen and oxygen atoms in total. The lowest BCUT2D eigenvalue weighted by Gasteiger charge is -2.09. The molecule has 0 unspecified atom stereocenters. The van der Waals surface area contributed by atoms with Crippen LogP contribution in [0.15, 0.2) is 55.0 Å². The molecule has 0 aliphatic carbocycles. The van der Waals surface area contributed by atoms with E-state index in [1.165, 1.54) is 11.1 Å². The molecule has 3 heterocycles. The average Bonchev–Trinajstić information content (AvgIpc) is 3.23. The molecule has 0 aliphatic heterocycles. The molecule has 1 N–H and O–H groups in total. The Balaban J connectivity index is 1.85. The molecule has 1 aromatic carbocycles. The van der Waals surface area contributed by atoms with Gasteiger partial charge in [0.05, 0.1) is 11.8 Å². The number of aromatic nitrogens is 5. The van der Waals surface area contributed by atoms with Crippen LogP contribution in [-0.4, -0.2) is 24.8 Å². The summed E-state index contributed by atoms with van der Waals surface area (Å²) in [5, 5.41) is 15.3. The van der Waals surface area contributed by atoms with Gasteiger partial charge in [0.2, 0.25) is 0 Å². The summed E-state index contributed by atoms with van der Waals surface area (Å²) >= 11 is 0. The fraction of sp³-hybridized carbons (Fsp3) is 0.167. The van der Waals surface area contributed by atoms with Gasteiger partial charge in [0.1, 0.15) is 0 Å². The van der Waals surface area contributed by atoms with Crippen LogP contribution in [0.5, 0.6) is 0 Å². The molecular formula is C18H17N5. The summed E-state index contributed by atoms with van der Waals surface area (Å²) in [6.45, 7) is 4.41. The molecule has 0 bridgehead atoms. The van der Waals surface area contributed by atoms with Gasteiger partial charge in [0.25, 0.3) is 0 Å².